The van der Waals surface area contributed by atoms with E-state index in [1.54, 1.807) is 20.8 Å². The van der Waals surface area contributed by atoms with E-state index in [-0.39, 0.29) is 12.2 Å². The van der Waals surface area contributed by atoms with Crippen molar-refractivity contribution in [2.75, 3.05) is 0 Å². The predicted molar refractivity (Wildman–Crippen MR) is 47.1 cm³/mol. The van der Waals surface area contributed by atoms with E-state index >= 15 is 0 Å². The number of aliphatic hydroxyl groups excluding tert-OH is 1. The number of carbonyl (C=O) groups excluding carboxylic acids is 2. The van der Waals surface area contributed by atoms with Gasteiger partial charge in [0.1, 0.15) is 11.4 Å². The van der Waals surface area contributed by atoms with Crippen LogP contribution >= 0.6 is 0 Å². The Kier molecular flexibility index (Phi) is 4.07. The molecule has 0 aromatic rings. The van der Waals surface area contributed by atoms with Gasteiger partial charge < -0.3 is 9.84 Å². The van der Waals surface area contributed by atoms with Gasteiger partial charge >= 0.3 is 5.97 Å². The van der Waals surface area contributed by atoms with Crippen LogP contribution in [0.5, 0.6) is 0 Å². The second kappa shape index (κ2) is 4.37. The molecule has 4 heteroatoms. The van der Waals surface area contributed by atoms with E-state index in [1.165, 1.54) is 6.92 Å². The standard InChI is InChI=1S/C9H16O4/c1-6(10)5-7(11)8(12)13-9(2,3)4/h7,11H,5H2,1-4H3. The number of carbonyl (C=O) groups is 2. The molecular formula is C9H16O4. The van der Waals surface area contributed by atoms with E-state index in [1.807, 2.05) is 0 Å². The fourth-order valence-electron chi connectivity index (χ4n) is 0.725. The van der Waals surface area contributed by atoms with Crippen LogP contribution in [0.25, 0.3) is 0 Å². The lowest BCUT2D eigenvalue weighted by atomic mass is 10.1. The summed E-state index contributed by atoms with van der Waals surface area (Å²) in [5.41, 5.74) is -0.630. The number of aliphatic hydroxyl groups is 1. The second-order valence-corrected chi connectivity index (χ2v) is 3.96. The highest BCUT2D eigenvalue weighted by Gasteiger charge is 2.23. The topological polar surface area (TPSA) is 63.6 Å². The average Bonchev–Trinajstić information content (AvgIpc) is 1.81. The minimum absolute atomic E-state index is 0.186. The maximum Gasteiger partial charge on any atom is 0.335 e. The largest absolute Gasteiger partial charge is 0.458 e. The second-order valence-electron chi connectivity index (χ2n) is 3.96. The number of hydrogen-bond acceptors (Lipinski definition) is 4. The summed E-state index contributed by atoms with van der Waals surface area (Å²) in [5, 5.41) is 9.16. The van der Waals surface area contributed by atoms with Crippen molar-refractivity contribution in [3.63, 3.8) is 0 Å². The van der Waals surface area contributed by atoms with Gasteiger partial charge in [-0.25, -0.2) is 4.79 Å². The normalized spacial score (nSPS) is 13.6. The third-order valence-corrected chi connectivity index (χ3v) is 1.16. The van der Waals surface area contributed by atoms with Crippen molar-refractivity contribution in [2.45, 2.75) is 45.8 Å². The fourth-order valence-corrected chi connectivity index (χ4v) is 0.725. The molecule has 0 saturated heterocycles. The number of hydrogen-bond donors (Lipinski definition) is 1. The van der Waals surface area contributed by atoms with E-state index in [4.69, 9.17) is 9.84 Å². The molecule has 0 amide bonds. The van der Waals surface area contributed by atoms with Gasteiger partial charge in [-0.3, -0.25) is 4.79 Å². The Morgan fingerprint density at radius 2 is 1.85 bits per heavy atom. The van der Waals surface area contributed by atoms with Crippen molar-refractivity contribution in [3.05, 3.63) is 0 Å². The minimum Gasteiger partial charge on any atom is -0.458 e. The highest BCUT2D eigenvalue weighted by atomic mass is 16.6. The first-order valence-electron chi connectivity index (χ1n) is 4.13. The van der Waals surface area contributed by atoms with E-state index < -0.39 is 17.7 Å². The molecule has 0 heterocycles. The third kappa shape index (κ3) is 6.28. The summed E-state index contributed by atoms with van der Waals surface area (Å²) >= 11 is 0. The zero-order valence-corrected chi connectivity index (χ0v) is 8.46. The first kappa shape index (κ1) is 12.1. The molecule has 0 aromatic heterocycles. The molecule has 1 unspecified atom stereocenters. The lowest BCUT2D eigenvalue weighted by Crippen LogP contribution is -2.32. The maximum absolute atomic E-state index is 11.1. The van der Waals surface area contributed by atoms with Gasteiger partial charge in [-0.2, -0.15) is 0 Å². The van der Waals surface area contributed by atoms with Crippen molar-refractivity contribution in [1.29, 1.82) is 0 Å². The van der Waals surface area contributed by atoms with Crippen molar-refractivity contribution < 1.29 is 19.4 Å². The summed E-state index contributed by atoms with van der Waals surface area (Å²) in [4.78, 5) is 21.6. The molecule has 0 radical (unpaired) electrons. The van der Waals surface area contributed by atoms with Crippen LogP contribution in [0.1, 0.15) is 34.1 Å². The van der Waals surface area contributed by atoms with Crippen molar-refractivity contribution in [3.8, 4) is 0 Å². The first-order valence-corrected chi connectivity index (χ1v) is 4.13. The first-order chi connectivity index (χ1) is 5.72. The minimum atomic E-state index is -1.34. The number of ether oxygens (including phenoxy) is 1. The average molecular weight is 188 g/mol. The monoisotopic (exact) mass is 188 g/mol. The van der Waals surface area contributed by atoms with Gasteiger partial charge in [-0.05, 0) is 27.7 Å². The summed E-state index contributed by atoms with van der Waals surface area (Å²) < 4.78 is 4.86. The van der Waals surface area contributed by atoms with Gasteiger partial charge in [0.25, 0.3) is 0 Å². The van der Waals surface area contributed by atoms with E-state index in [0.29, 0.717) is 0 Å². The van der Waals surface area contributed by atoms with E-state index in [2.05, 4.69) is 0 Å². The predicted octanol–water partition coefficient (Wildman–Crippen LogP) is 0.668. The highest BCUT2D eigenvalue weighted by molar-refractivity contribution is 5.84. The number of esters is 1. The molecule has 76 valence electrons. The summed E-state index contributed by atoms with van der Waals surface area (Å²) in [6, 6.07) is 0. The number of Topliss-reactive ketones (excluding diaryl/α,β-unsaturated/α-hetero) is 1. The van der Waals surface area contributed by atoms with Gasteiger partial charge in [-0.1, -0.05) is 0 Å². The van der Waals surface area contributed by atoms with Gasteiger partial charge in [0, 0.05) is 6.42 Å². The van der Waals surface area contributed by atoms with Crippen molar-refractivity contribution in [2.24, 2.45) is 0 Å². The quantitative estimate of drug-likeness (QED) is 0.661. The molecule has 4 nitrogen and oxygen atoms in total. The zero-order chi connectivity index (χ0) is 10.6. The molecule has 0 spiro atoms. The Hall–Kier alpha value is -0.900. The summed E-state index contributed by atoms with van der Waals surface area (Å²) in [6.45, 7) is 6.41. The molecule has 0 fully saturated rings. The van der Waals surface area contributed by atoms with Crippen LogP contribution in [0.3, 0.4) is 0 Å². The van der Waals surface area contributed by atoms with Crippen LogP contribution in [0.15, 0.2) is 0 Å². The SMILES string of the molecule is CC(=O)CC(O)C(=O)OC(C)(C)C. The molecule has 0 rings (SSSR count). The number of rotatable bonds is 3. The molecule has 1 atom stereocenters. The lowest BCUT2D eigenvalue weighted by Gasteiger charge is -2.21. The Morgan fingerprint density at radius 3 is 2.15 bits per heavy atom. The zero-order valence-electron chi connectivity index (χ0n) is 8.46. The molecule has 0 aliphatic carbocycles. The molecule has 0 bridgehead atoms. The van der Waals surface area contributed by atoms with Crippen LogP contribution in [0.2, 0.25) is 0 Å². The van der Waals surface area contributed by atoms with Crippen LogP contribution < -0.4 is 0 Å². The Balaban J connectivity index is 4.05. The molecule has 13 heavy (non-hydrogen) atoms. The number of ketones is 1. The molecule has 0 aromatic carbocycles. The van der Waals surface area contributed by atoms with Crippen molar-refractivity contribution in [1.82, 2.24) is 0 Å². The van der Waals surface area contributed by atoms with Crippen LogP contribution in [-0.4, -0.2) is 28.6 Å². The molecular weight excluding hydrogens is 172 g/mol. The maximum atomic E-state index is 11.1. The van der Waals surface area contributed by atoms with Gasteiger partial charge in [0.15, 0.2) is 6.10 Å². The molecule has 1 N–H and O–H groups in total. The smallest absolute Gasteiger partial charge is 0.335 e. The highest BCUT2D eigenvalue weighted by Crippen LogP contribution is 2.09. The van der Waals surface area contributed by atoms with Gasteiger partial charge in [0.05, 0.1) is 0 Å². The third-order valence-electron chi connectivity index (χ3n) is 1.16. The van der Waals surface area contributed by atoms with Crippen LogP contribution in [0, 0.1) is 0 Å². The van der Waals surface area contributed by atoms with Crippen molar-refractivity contribution >= 4 is 11.8 Å². The Labute approximate surface area is 77.9 Å². The van der Waals surface area contributed by atoms with Gasteiger partial charge in [-0.15, -0.1) is 0 Å². The summed E-state index contributed by atoms with van der Waals surface area (Å²) in [7, 11) is 0. The van der Waals surface area contributed by atoms with Crippen LogP contribution in [-0.2, 0) is 14.3 Å². The molecule has 0 aliphatic heterocycles. The Morgan fingerprint density at radius 1 is 1.38 bits per heavy atom. The molecule has 0 aliphatic rings. The summed E-state index contributed by atoms with van der Waals surface area (Å²) in [5.74, 6) is -0.985. The Bertz CT molecular complexity index is 202. The van der Waals surface area contributed by atoms with Crippen LogP contribution in [0.4, 0.5) is 0 Å². The van der Waals surface area contributed by atoms with E-state index in [9.17, 15) is 9.59 Å². The lowest BCUT2D eigenvalue weighted by molar-refractivity contribution is -0.166. The molecule has 0 saturated carbocycles. The van der Waals surface area contributed by atoms with Gasteiger partial charge in [0.2, 0.25) is 0 Å². The fraction of sp³-hybridized carbons (Fsp3) is 0.778. The summed E-state index contributed by atoms with van der Waals surface area (Å²) in [6.07, 6.45) is -1.52. The van der Waals surface area contributed by atoms with E-state index in [0.717, 1.165) is 0 Å².